The number of hydrogen-bond donors (Lipinski definition) is 1. The number of hydrogen-bond acceptors (Lipinski definition) is 4. The van der Waals surface area contributed by atoms with Crippen molar-refractivity contribution in [2.24, 2.45) is 0 Å². The van der Waals surface area contributed by atoms with Crippen molar-refractivity contribution < 1.29 is 18.6 Å². The molecular formula is C12H16FNO3. The Morgan fingerprint density at radius 2 is 1.94 bits per heavy atom. The van der Waals surface area contributed by atoms with Crippen LogP contribution in [0.3, 0.4) is 0 Å². The summed E-state index contributed by atoms with van der Waals surface area (Å²) in [6.45, 7) is 2.05. The minimum atomic E-state index is -0.476. The Labute approximate surface area is 99.7 Å². The maximum atomic E-state index is 13.7. The highest BCUT2D eigenvalue weighted by molar-refractivity contribution is 5.41. The highest BCUT2D eigenvalue weighted by atomic mass is 19.1. The maximum Gasteiger partial charge on any atom is 0.206 e. The third-order valence-corrected chi connectivity index (χ3v) is 2.79. The molecule has 0 radical (unpaired) electrons. The summed E-state index contributed by atoms with van der Waals surface area (Å²) < 4.78 is 29.1. The first-order valence-electron chi connectivity index (χ1n) is 5.48. The van der Waals surface area contributed by atoms with Crippen LogP contribution in [0.5, 0.6) is 11.5 Å². The van der Waals surface area contributed by atoms with Gasteiger partial charge in [-0.2, -0.15) is 4.39 Å². The minimum absolute atomic E-state index is 0.0483. The van der Waals surface area contributed by atoms with Crippen molar-refractivity contribution in [2.75, 3.05) is 34.0 Å². The number of halogens is 1. The zero-order valence-corrected chi connectivity index (χ0v) is 9.96. The van der Waals surface area contributed by atoms with Crippen LogP contribution in [0.2, 0.25) is 0 Å². The van der Waals surface area contributed by atoms with E-state index in [2.05, 4.69) is 5.32 Å². The average Bonchev–Trinajstić information content (AvgIpc) is 2.40. The Kier molecular flexibility index (Phi) is 3.81. The van der Waals surface area contributed by atoms with Gasteiger partial charge in [-0.1, -0.05) is 0 Å². The largest absolute Gasteiger partial charge is 0.494 e. The molecule has 5 heteroatoms. The first-order valence-corrected chi connectivity index (χ1v) is 5.48. The summed E-state index contributed by atoms with van der Waals surface area (Å²) in [4.78, 5) is 0. The summed E-state index contributed by atoms with van der Waals surface area (Å²) in [6.07, 6.45) is 0. The molecule has 1 saturated heterocycles. The number of ether oxygens (including phenoxy) is 3. The zero-order valence-electron chi connectivity index (χ0n) is 9.96. The van der Waals surface area contributed by atoms with Crippen molar-refractivity contribution in [2.45, 2.75) is 6.04 Å². The smallest absolute Gasteiger partial charge is 0.206 e. The Balaban J connectivity index is 2.33. The van der Waals surface area contributed by atoms with E-state index in [1.807, 2.05) is 0 Å². The van der Waals surface area contributed by atoms with E-state index in [1.54, 1.807) is 12.1 Å². The van der Waals surface area contributed by atoms with Crippen LogP contribution < -0.4 is 14.8 Å². The fraction of sp³-hybridized carbons (Fsp3) is 0.500. The lowest BCUT2D eigenvalue weighted by molar-refractivity contribution is 0.0767. The van der Waals surface area contributed by atoms with E-state index in [1.165, 1.54) is 14.2 Å². The second-order valence-corrected chi connectivity index (χ2v) is 3.82. The molecule has 94 valence electrons. The van der Waals surface area contributed by atoms with Gasteiger partial charge in [-0.15, -0.1) is 0 Å². The predicted octanol–water partition coefficient (Wildman–Crippen LogP) is 1.50. The second-order valence-electron chi connectivity index (χ2n) is 3.82. The lowest BCUT2D eigenvalue weighted by atomic mass is 10.1. The van der Waals surface area contributed by atoms with E-state index in [0.717, 1.165) is 12.1 Å². The highest BCUT2D eigenvalue weighted by Crippen LogP contribution is 2.31. The molecule has 1 aromatic carbocycles. The van der Waals surface area contributed by atoms with Crippen molar-refractivity contribution in [3.8, 4) is 11.5 Å². The van der Waals surface area contributed by atoms with Crippen LogP contribution >= 0.6 is 0 Å². The topological polar surface area (TPSA) is 39.7 Å². The molecule has 1 aliphatic heterocycles. The van der Waals surface area contributed by atoms with Crippen LogP contribution in [0.1, 0.15) is 11.6 Å². The van der Waals surface area contributed by atoms with Gasteiger partial charge < -0.3 is 19.5 Å². The lowest BCUT2D eigenvalue weighted by Crippen LogP contribution is -2.34. The van der Waals surface area contributed by atoms with Crippen LogP contribution in [0.15, 0.2) is 12.1 Å². The van der Waals surface area contributed by atoms with Crippen LogP contribution in [0, 0.1) is 5.82 Å². The molecule has 0 spiro atoms. The van der Waals surface area contributed by atoms with Gasteiger partial charge in [-0.05, 0) is 17.7 Å². The number of morpholine rings is 1. The molecule has 0 amide bonds. The van der Waals surface area contributed by atoms with Crippen molar-refractivity contribution in [1.29, 1.82) is 0 Å². The Hall–Kier alpha value is -1.33. The summed E-state index contributed by atoms with van der Waals surface area (Å²) in [7, 11) is 2.87. The van der Waals surface area contributed by atoms with Gasteiger partial charge in [-0.25, -0.2) is 0 Å². The molecule has 0 aliphatic carbocycles. The normalized spacial score (nSPS) is 20.1. The Morgan fingerprint density at radius 1 is 1.29 bits per heavy atom. The fourth-order valence-corrected chi connectivity index (χ4v) is 1.87. The quantitative estimate of drug-likeness (QED) is 0.870. The van der Waals surface area contributed by atoms with E-state index in [9.17, 15) is 4.39 Å². The number of methoxy groups -OCH3 is 2. The molecule has 0 saturated carbocycles. The van der Waals surface area contributed by atoms with Crippen molar-refractivity contribution in [1.82, 2.24) is 5.32 Å². The van der Waals surface area contributed by atoms with E-state index in [4.69, 9.17) is 14.2 Å². The van der Waals surface area contributed by atoms with Gasteiger partial charge in [0, 0.05) is 6.54 Å². The van der Waals surface area contributed by atoms with Gasteiger partial charge in [0.2, 0.25) is 5.82 Å². The molecule has 1 aliphatic rings. The first-order chi connectivity index (χ1) is 8.26. The Morgan fingerprint density at radius 3 is 2.41 bits per heavy atom. The highest BCUT2D eigenvalue weighted by Gasteiger charge is 2.20. The summed E-state index contributed by atoms with van der Waals surface area (Å²) in [5, 5.41) is 3.30. The first kappa shape index (κ1) is 12.1. The van der Waals surface area contributed by atoms with Gasteiger partial charge in [0.1, 0.15) is 0 Å². The molecule has 0 bridgehead atoms. The van der Waals surface area contributed by atoms with E-state index in [-0.39, 0.29) is 17.5 Å². The standard InChI is InChI=1S/C12H16FNO3/c1-15-10-5-8(6-11(16-2)12(10)13)9-7-17-4-3-14-9/h5-6,9,14H,3-4,7H2,1-2H3. The molecule has 1 atom stereocenters. The molecule has 17 heavy (non-hydrogen) atoms. The third kappa shape index (κ3) is 2.50. The molecule has 4 nitrogen and oxygen atoms in total. The maximum absolute atomic E-state index is 13.7. The monoisotopic (exact) mass is 241 g/mol. The van der Waals surface area contributed by atoms with E-state index in [0.29, 0.717) is 13.2 Å². The van der Waals surface area contributed by atoms with Gasteiger partial charge in [0.15, 0.2) is 11.5 Å². The van der Waals surface area contributed by atoms with Gasteiger partial charge in [-0.3, -0.25) is 0 Å². The molecule has 1 fully saturated rings. The van der Waals surface area contributed by atoms with Crippen LogP contribution in [-0.4, -0.2) is 34.0 Å². The zero-order chi connectivity index (χ0) is 12.3. The molecule has 0 aromatic heterocycles. The van der Waals surface area contributed by atoms with Crippen molar-refractivity contribution >= 4 is 0 Å². The van der Waals surface area contributed by atoms with Crippen molar-refractivity contribution in [3.05, 3.63) is 23.5 Å². The second kappa shape index (κ2) is 5.33. The molecule has 1 unspecified atom stereocenters. The number of benzene rings is 1. The summed E-state index contributed by atoms with van der Waals surface area (Å²) in [6, 6.07) is 3.39. The van der Waals surface area contributed by atoms with Crippen LogP contribution in [0.25, 0.3) is 0 Å². The molecular weight excluding hydrogens is 225 g/mol. The predicted molar refractivity (Wildman–Crippen MR) is 61.1 cm³/mol. The third-order valence-electron chi connectivity index (χ3n) is 2.79. The average molecular weight is 241 g/mol. The SMILES string of the molecule is COc1cc(C2COCCN2)cc(OC)c1F. The molecule has 1 aromatic rings. The molecule has 1 heterocycles. The number of rotatable bonds is 3. The van der Waals surface area contributed by atoms with Crippen LogP contribution in [-0.2, 0) is 4.74 Å². The van der Waals surface area contributed by atoms with Crippen LogP contribution in [0.4, 0.5) is 4.39 Å². The summed E-state index contributed by atoms with van der Waals surface area (Å²) in [5.41, 5.74) is 0.903. The van der Waals surface area contributed by atoms with Crippen molar-refractivity contribution in [3.63, 3.8) is 0 Å². The van der Waals surface area contributed by atoms with E-state index < -0.39 is 5.82 Å². The fourth-order valence-electron chi connectivity index (χ4n) is 1.87. The minimum Gasteiger partial charge on any atom is -0.494 e. The van der Waals surface area contributed by atoms with Gasteiger partial charge in [0.25, 0.3) is 0 Å². The molecule has 2 rings (SSSR count). The van der Waals surface area contributed by atoms with E-state index >= 15 is 0 Å². The lowest BCUT2D eigenvalue weighted by Gasteiger charge is -2.25. The number of nitrogens with one attached hydrogen (secondary N) is 1. The Bertz CT molecular complexity index is 366. The molecule has 1 N–H and O–H groups in total. The summed E-state index contributed by atoms with van der Waals surface area (Å²) in [5.74, 6) is -0.103. The summed E-state index contributed by atoms with van der Waals surface area (Å²) >= 11 is 0. The van der Waals surface area contributed by atoms with Gasteiger partial charge in [0.05, 0.1) is 33.5 Å². The van der Waals surface area contributed by atoms with Gasteiger partial charge >= 0.3 is 0 Å².